The van der Waals surface area contributed by atoms with Crippen LogP contribution in [0.5, 0.6) is 0 Å². The smallest absolute Gasteiger partial charge is 0.257 e. The highest BCUT2D eigenvalue weighted by atomic mass is 32.2. The van der Waals surface area contributed by atoms with E-state index in [4.69, 9.17) is 0 Å². The molecule has 0 bridgehead atoms. The summed E-state index contributed by atoms with van der Waals surface area (Å²) in [6, 6.07) is 14.9. The second kappa shape index (κ2) is 8.39. The molecule has 0 saturated heterocycles. The van der Waals surface area contributed by atoms with Gasteiger partial charge in [0.25, 0.3) is 5.91 Å². The monoisotopic (exact) mass is 423 g/mol. The molecule has 1 aliphatic carbocycles. The Labute approximate surface area is 178 Å². The third-order valence-corrected chi connectivity index (χ3v) is 6.75. The molecule has 148 valence electrons. The third-order valence-electron chi connectivity index (χ3n) is 4.68. The Morgan fingerprint density at radius 1 is 1.14 bits per heavy atom. The van der Waals surface area contributed by atoms with Crippen molar-refractivity contribution in [1.29, 1.82) is 0 Å². The van der Waals surface area contributed by atoms with E-state index in [1.165, 1.54) is 0 Å². The first-order valence-electron chi connectivity index (χ1n) is 9.39. The van der Waals surface area contributed by atoms with Crippen molar-refractivity contribution >= 4 is 46.3 Å². The predicted octanol–water partition coefficient (Wildman–Crippen LogP) is 5.23. The highest BCUT2D eigenvalue weighted by molar-refractivity contribution is 8.01. The fraction of sp³-hybridized carbons (Fsp3) is 0.227. The molecule has 0 spiro atoms. The van der Waals surface area contributed by atoms with Gasteiger partial charge < -0.3 is 10.2 Å². The number of aryl methyl sites for hydroxylation is 1. The number of rotatable bonds is 6. The number of thiazole rings is 1. The zero-order valence-electron chi connectivity index (χ0n) is 16.2. The Bertz CT molecular complexity index is 1040. The van der Waals surface area contributed by atoms with Gasteiger partial charge in [-0.2, -0.15) is 0 Å². The fourth-order valence-electron chi connectivity index (χ4n) is 2.97. The lowest BCUT2D eigenvalue weighted by atomic mass is 10.1. The molecular formula is C22H21N3O2S2. The van der Waals surface area contributed by atoms with E-state index in [9.17, 15) is 9.59 Å². The van der Waals surface area contributed by atoms with E-state index in [0.29, 0.717) is 16.9 Å². The molecule has 0 aliphatic heterocycles. The van der Waals surface area contributed by atoms with Crippen molar-refractivity contribution < 1.29 is 9.59 Å². The maximum atomic E-state index is 12.9. The minimum Gasteiger partial charge on any atom is -0.322 e. The van der Waals surface area contributed by atoms with Gasteiger partial charge in [-0.05, 0) is 56.2 Å². The number of hydrogen-bond donors (Lipinski definition) is 1. The Hall–Kier alpha value is -2.64. The number of carbonyl (C=O) groups excluding carboxylic acids is 2. The number of carbonyl (C=O) groups is 2. The number of nitrogens with one attached hydrogen (secondary N) is 1. The van der Waals surface area contributed by atoms with Gasteiger partial charge in [-0.3, -0.25) is 9.59 Å². The Morgan fingerprint density at radius 3 is 2.52 bits per heavy atom. The third kappa shape index (κ3) is 4.68. The summed E-state index contributed by atoms with van der Waals surface area (Å²) in [4.78, 5) is 32.4. The van der Waals surface area contributed by atoms with Crippen LogP contribution in [0, 0.1) is 12.8 Å². The van der Waals surface area contributed by atoms with Crippen molar-refractivity contribution in [2.75, 3.05) is 17.3 Å². The van der Waals surface area contributed by atoms with Crippen LogP contribution in [0.4, 0.5) is 11.4 Å². The van der Waals surface area contributed by atoms with E-state index in [0.717, 1.165) is 27.8 Å². The standard InChI is InChI=1S/C22H21N3O2S2/c1-14-13-28-22(23-14)29-17-11-9-16(10-12-17)24-20(26)18-5-3-4-6-19(18)25(2)21(27)15-7-8-15/h3-6,9-13,15H,7-8H2,1-2H3,(H,24,26). The predicted molar refractivity (Wildman–Crippen MR) is 118 cm³/mol. The molecule has 7 heteroatoms. The van der Waals surface area contributed by atoms with Crippen molar-refractivity contribution in [3.8, 4) is 0 Å². The zero-order valence-corrected chi connectivity index (χ0v) is 17.8. The molecule has 0 unspecified atom stereocenters. The summed E-state index contributed by atoms with van der Waals surface area (Å²) in [5.74, 6) is -0.0566. The van der Waals surface area contributed by atoms with E-state index >= 15 is 0 Å². The molecule has 1 aromatic heterocycles. The molecular weight excluding hydrogens is 402 g/mol. The number of amides is 2. The largest absolute Gasteiger partial charge is 0.322 e. The van der Waals surface area contributed by atoms with Gasteiger partial charge in [-0.25, -0.2) is 4.98 Å². The summed E-state index contributed by atoms with van der Waals surface area (Å²) in [6.45, 7) is 1.98. The first-order valence-corrected chi connectivity index (χ1v) is 11.1. The topological polar surface area (TPSA) is 62.3 Å². The molecule has 1 saturated carbocycles. The fourth-order valence-corrected chi connectivity index (χ4v) is 4.78. The quantitative estimate of drug-likeness (QED) is 0.590. The van der Waals surface area contributed by atoms with Crippen LogP contribution in [-0.4, -0.2) is 23.8 Å². The van der Waals surface area contributed by atoms with Crippen molar-refractivity contribution in [3.05, 3.63) is 65.2 Å². The van der Waals surface area contributed by atoms with Gasteiger partial charge >= 0.3 is 0 Å². The van der Waals surface area contributed by atoms with Crippen LogP contribution >= 0.6 is 23.1 Å². The highest BCUT2D eigenvalue weighted by Gasteiger charge is 2.33. The lowest BCUT2D eigenvalue weighted by molar-refractivity contribution is -0.119. The molecule has 2 aromatic carbocycles. The number of anilines is 2. The molecule has 5 nitrogen and oxygen atoms in total. The lowest BCUT2D eigenvalue weighted by Crippen LogP contribution is -2.29. The summed E-state index contributed by atoms with van der Waals surface area (Å²) in [5, 5.41) is 4.96. The molecule has 29 heavy (non-hydrogen) atoms. The Kier molecular flexibility index (Phi) is 5.69. The summed E-state index contributed by atoms with van der Waals surface area (Å²) >= 11 is 3.22. The van der Waals surface area contributed by atoms with Crippen LogP contribution in [0.3, 0.4) is 0 Å². The van der Waals surface area contributed by atoms with E-state index in [-0.39, 0.29) is 17.7 Å². The maximum Gasteiger partial charge on any atom is 0.257 e. The number of aromatic nitrogens is 1. The highest BCUT2D eigenvalue weighted by Crippen LogP contribution is 2.33. The summed E-state index contributed by atoms with van der Waals surface area (Å²) < 4.78 is 0.997. The number of benzene rings is 2. The van der Waals surface area contributed by atoms with Crippen LogP contribution in [0.1, 0.15) is 28.9 Å². The van der Waals surface area contributed by atoms with Crippen molar-refractivity contribution in [3.63, 3.8) is 0 Å². The summed E-state index contributed by atoms with van der Waals surface area (Å²) in [5.41, 5.74) is 2.85. The SMILES string of the molecule is Cc1csc(Sc2ccc(NC(=O)c3ccccc3N(C)C(=O)C3CC3)cc2)n1. The minimum atomic E-state index is -0.230. The van der Waals surface area contributed by atoms with E-state index in [1.54, 1.807) is 41.1 Å². The first kappa shape index (κ1) is 19.7. The molecule has 1 aliphatic rings. The van der Waals surface area contributed by atoms with Crippen LogP contribution < -0.4 is 10.2 Å². The molecule has 1 fully saturated rings. The number of hydrogen-bond acceptors (Lipinski definition) is 5. The molecule has 0 atom stereocenters. The van der Waals surface area contributed by atoms with E-state index < -0.39 is 0 Å². The van der Waals surface area contributed by atoms with E-state index in [2.05, 4.69) is 10.3 Å². The molecule has 4 rings (SSSR count). The van der Waals surface area contributed by atoms with Gasteiger partial charge in [0, 0.05) is 34.6 Å². The van der Waals surface area contributed by atoms with E-state index in [1.807, 2.05) is 54.8 Å². The molecule has 2 amide bonds. The van der Waals surface area contributed by atoms with Gasteiger partial charge in [0.1, 0.15) is 0 Å². The van der Waals surface area contributed by atoms with Gasteiger partial charge in [0.15, 0.2) is 4.34 Å². The molecule has 1 N–H and O–H groups in total. The number of para-hydroxylation sites is 1. The van der Waals surface area contributed by atoms with Gasteiger partial charge in [0.05, 0.1) is 11.3 Å². The van der Waals surface area contributed by atoms with Crippen molar-refractivity contribution in [2.45, 2.75) is 29.0 Å². The number of nitrogens with zero attached hydrogens (tertiary/aromatic N) is 2. The van der Waals surface area contributed by atoms with Gasteiger partial charge in [0.2, 0.25) is 5.91 Å². The van der Waals surface area contributed by atoms with Crippen LogP contribution in [0.25, 0.3) is 0 Å². The average molecular weight is 424 g/mol. The molecule has 1 heterocycles. The minimum absolute atomic E-state index is 0.0732. The molecule has 3 aromatic rings. The molecule has 0 radical (unpaired) electrons. The summed E-state index contributed by atoms with van der Waals surface area (Å²) in [7, 11) is 1.74. The van der Waals surface area contributed by atoms with Crippen LogP contribution in [-0.2, 0) is 4.79 Å². The maximum absolute atomic E-state index is 12.9. The normalized spacial score (nSPS) is 13.2. The second-order valence-corrected chi connectivity index (χ2v) is 9.20. The lowest BCUT2D eigenvalue weighted by Gasteiger charge is -2.20. The van der Waals surface area contributed by atoms with Crippen LogP contribution in [0.2, 0.25) is 0 Å². The Morgan fingerprint density at radius 2 is 1.86 bits per heavy atom. The van der Waals surface area contributed by atoms with Crippen molar-refractivity contribution in [1.82, 2.24) is 4.98 Å². The zero-order chi connectivity index (χ0) is 20.4. The Balaban J connectivity index is 1.46. The summed E-state index contributed by atoms with van der Waals surface area (Å²) in [6.07, 6.45) is 1.87. The van der Waals surface area contributed by atoms with Crippen LogP contribution in [0.15, 0.2) is 63.1 Å². The van der Waals surface area contributed by atoms with Gasteiger partial charge in [-0.1, -0.05) is 23.9 Å². The second-order valence-electron chi connectivity index (χ2n) is 7.02. The first-order chi connectivity index (χ1) is 14.0. The van der Waals surface area contributed by atoms with Gasteiger partial charge in [-0.15, -0.1) is 11.3 Å². The average Bonchev–Trinajstić information content (AvgIpc) is 3.50. The van der Waals surface area contributed by atoms with Crippen molar-refractivity contribution in [2.24, 2.45) is 5.92 Å².